The molecule has 5 aliphatic rings. The molecule has 5 rings (SSSR count). The van der Waals surface area contributed by atoms with Gasteiger partial charge in [0.25, 0.3) is 0 Å². The van der Waals surface area contributed by atoms with Crippen LogP contribution in [0.25, 0.3) is 0 Å². The summed E-state index contributed by atoms with van der Waals surface area (Å²) in [4.78, 5) is 24.7. The molecule has 3 N–H and O–H groups in total. The van der Waals surface area contributed by atoms with Gasteiger partial charge in [0.2, 0.25) is 11.8 Å². The molecule has 1 saturated heterocycles. The number of rotatable bonds is 6. The first kappa shape index (κ1) is 20.3. The third-order valence-corrected chi connectivity index (χ3v) is 7.32. The second kappa shape index (κ2) is 7.38. The molecule has 0 aromatic carbocycles. The summed E-state index contributed by atoms with van der Waals surface area (Å²) < 4.78 is 19.2. The van der Waals surface area contributed by atoms with Crippen LogP contribution in [0.5, 0.6) is 0 Å². The molecule has 28 heavy (non-hydrogen) atoms. The summed E-state index contributed by atoms with van der Waals surface area (Å²) in [5.74, 6) is -0.134. The zero-order valence-electron chi connectivity index (χ0n) is 16.5. The third kappa shape index (κ3) is 3.88. The van der Waals surface area contributed by atoms with E-state index in [4.69, 9.17) is 16.3 Å². The number of nitrogens with zero attached hydrogens (tertiary/aromatic N) is 1. The van der Waals surface area contributed by atoms with Crippen molar-refractivity contribution in [1.82, 2.24) is 21.1 Å². The molecule has 5 atom stereocenters. The second-order valence-corrected chi connectivity index (χ2v) is 9.84. The van der Waals surface area contributed by atoms with E-state index in [1.807, 2.05) is 12.1 Å². The topological polar surface area (TPSA) is 82.7 Å². The predicted octanol–water partition coefficient (Wildman–Crippen LogP) is 1.01. The Morgan fingerprint density at radius 1 is 1.21 bits per heavy atom. The highest BCUT2D eigenvalue weighted by Crippen LogP contribution is 2.60. The summed E-state index contributed by atoms with van der Waals surface area (Å²) in [7, 11) is 1.95. The average molecular weight is 417 g/mol. The Morgan fingerprint density at radius 3 is 2.50 bits per heavy atom. The zero-order chi connectivity index (χ0) is 20.1. The molecule has 1 aliphatic heterocycles. The fraction of sp³-hybridized carbons (Fsp3) is 0.895. The Hall–Kier alpha value is -0.960. The van der Waals surface area contributed by atoms with E-state index in [2.05, 4.69) is 23.0 Å². The number of ether oxygens (including phenoxy) is 1. The van der Waals surface area contributed by atoms with Crippen molar-refractivity contribution in [2.75, 3.05) is 13.7 Å². The van der Waals surface area contributed by atoms with Crippen LogP contribution in [0.2, 0.25) is 0 Å². The summed E-state index contributed by atoms with van der Waals surface area (Å²) in [6, 6.07) is 0.150. The van der Waals surface area contributed by atoms with Crippen LogP contribution in [0.4, 0.5) is 4.39 Å². The van der Waals surface area contributed by atoms with E-state index >= 15 is 0 Å². The van der Waals surface area contributed by atoms with Crippen LogP contribution in [0.3, 0.4) is 0 Å². The van der Waals surface area contributed by atoms with Gasteiger partial charge in [0.15, 0.2) is 0 Å². The Balaban J connectivity index is 1.16. The fourth-order valence-corrected chi connectivity index (χ4v) is 5.44. The molecule has 0 radical (unpaired) electrons. The van der Waals surface area contributed by atoms with Crippen molar-refractivity contribution in [2.24, 2.45) is 0 Å². The van der Waals surface area contributed by atoms with E-state index < -0.39 is 11.5 Å². The number of nitrogens with one attached hydrogen (secondary N) is 3. The molecular weight excluding hydrogens is 387 g/mol. The summed E-state index contributed by atoms with van der Waals surface area (Å²) in [6.45, 7) is 2.03. The van der Waals surface area contributed by atoms with E-state index in [-0.39, 0.29) is 48.1 Å². The zero-order valence-corrected chi connectivity index (χ0v) is 17.2. The molecule has 0 spiro atoms. The van der Waals surface area contributed by atoms with Gasteiger partial charge in [-0.05, 0) is 45.4 Å². The number of halogens is 2. The number of hydrazine groups is 1. The fourth-order valence-electron chi connectivity index (χ4n) is 5.21. The van der Waals surface area contributed by atoms with Crippen molar-refractivity contribution in [1.29, 1.82) is 0 Å². The van der Waals surface area contributed by atoms with Gasteiger partial charge in [-0.3, -0.25) is 9.59 Å². The van der Waals surface area contributed by atoms with E-state index in [1.165, 1.54) is 0 Å². The van der Waals surface area contributed by atoms with Gasteiger partial charge < -0.3 is 15.4 Å². The maximum Gasteiger partial charge on any atom is 0.246 e. The molecule has 9 heteroatoms. The molecule has 5 unspecified atom stereocenters. The van der Waals surface area contributed by atoms with Gasteiger partial charge >= 0.3 is 0 Å². The Bertz CT molecular complexity index is 621. The molecular formula is C19H30ClFN4O3. The van der Waals surface area contributed by atoms with Gasteiger partial charge in [0, 0.05) is 30.6 Å². The first-order valence-electron chi connectivity index (χ1n) is 10.2. The number of alkyl halides is 2. The van der Waals surface area contributed by atoms with Crippen LogP contribution >= 0.6 is 11.6 Å². The molecule has 7 nitrogen and oxygen atoms in total. The van der Waals surface area contributed by atoms with Gasteiger partial charge in [-0.1, -0.05) is 0 Å². The monoisotopic (exact) mass is 416 g/mol. The highest BCUT2D eigenvalue weighted by molar-refractivity contribution is 6.21. The number of hydrogen-bond acceptors (Lipinski definition) is 5. The van der Waals surface area contributed by atoms with Crippen molar-refractivity contribution in [2.45, 2.75) is 92.7 Å². The maximum absolute atomic E-state index is 13.6. The molecule has 2 bridgehead atoms. The van der Waals surface area contributed by atoms with Gasteiger partial charge in [-0.25, -0.2) is 14.8 Å². The number of carbonyl (C=O) groups is 2. The predicted molar refractivity (Wildman–Crippen MR) is 102 cm³/mol. The smallest absolute Gasteiger partial charge is 0.246 e. The number of hydrogen-bond donors (Lipinski definition) is 3. The molecule has 2 amide bonds. The lowest BCUT2D eigenvalue weighted by molar-refractivity contribution is -0.154. The third-order valence-electron chi connectivity index (χ3n) is 6.83. The van der Waals surface area contributed by atoms with Crippen molar-refractivity contribution in [3.05, 3.63) is 0 Å². The van der Waals surface area contributed by atoms with Crippen LogP contribution in [-0.4, -0.2) is 71.3 Å². The van der Waals surface area contributed by atoms with Gasteiger partial charge in [0.05, 0.1) is 11.5 Å². The highest BCUT2D eigenvalue weighted by atomic mass is 35.5. The van der Waals surface area contributed by atoms with Crippen LogP contribution in [-0.2, 0) is 14.3 Å². The van der Waals surface area contributed by atoms with Crippen molar-refractivity contribution < 1.29 is 18.7 Å². The Morgan fingerprint density at radius 2 is 1.89 bits per heavy atom. The standard InChI is InChI=1S/C19H30ClFN4O3/c1-11-5-15(24-25(11)2)17(27)23-19-8-18(9-19,10-19)22-16(26)7-28-12-3-4-13(20)14(21)6-12/h11-15,24H,3-10H2,1-2H3,(H,22,26)(H,23,27). The first-order chi connectivity index (χ1) is 13.2. The van der Waals surface area contributed by atoms with Gasteiger partial charge in [-0.2, -0.15) is 0 Å². The van der Waals surface area contributed by atoms with Crippen LogP contribution in [0.1, 0.15) is 51.9 Å². The van der Waals surface area contributed by atoms with E-state index in [0.29, 0.717) is 18.9 Å². The lowest BCUT2D eigenvalue weighted by atomic mass is 9.44. The summed E-state index contributed by atoms with van der Waals surface area (Å²) in [6.07, 6.45) is 3.29. The lowest BCUT2D eigenvalue weighted by Gasteiger charge is -2.70. The Labute approximate surface area is 170 Å². The van der Waals surface area contributed by atoms with Gasteiger partial charge in [0.1, 0.15) is 18.8 Å². The molecule has 0 aromatic rings. The average Bonchev–Trinajstić information content (AvgIpc) is 2.92. The SMILES string of the molecule is CC1CC(C(=O)NC23CC(NC(=O)COC4CCC(Cl)C(F)C4)(C2)C3)NN1C. The van der Waals surface area contributed by atoms with Crippen molar-refractivity contribution in [3.8, 4) is 0 Å². The van der Waals surface area contributed by atoms with Crippen LogP contribution in [0, 0.1) is 0 Å². The number of amides is 2. The number of carbonyl (C=O) groups excluding carboxylic acids is 2. The normalized spacial score (nSPS) is 45.1. The lowest BCUT2D eigenvalue weighted by Crippen LogP contribution is -2.84. The molecule has 4 saturated carbocycles. The van der Waals surface area contributed by atoms with Crippen molar-refractivity contribution in [3.63, 3.8) is 0 Å². The Kier molecular flexibility index (Phi) is 5.35. The molecule has 158 valence electrons. The quantitative estimate of drug-likeness (QED) is 0.563. The van der Waals surface area contributed by atoms with Gasteiger partial charge in [-0.15, -0.1) is 11.6 Å². The highest BCUT2D eigenvalue weighted by Gasteiger charge is 2.69. The minimum absolute atomic E-state index is 0.0369. The maximum atomic E-state index is 13.6. The largest absolute Gasteiger partial charge is 0.368 e. The van der Waals surface area contributed by atoms with E-state index in [9.17, 15) is 14.0 Å². The van der Waals surface area contributed by atoms with Crippen molar-refractivity contribution >= 4 is 23.4 Å². The van der Waals surface area contributed by atoms with Crippen LogP contribution in [0.15, 0.2) is 0 Å². The minimum atomic E-state index is -1.07. The molecule has 5 fully saturated rings. The van der Waals surface area contributed by atoms with E-state index in [0.717, 1.165) is 25.7 Å². The summed E-state index contributed by atoms with van der Waals surface area (Å²) in [5.41, 5.74) is 2.81. The molecule has 1 heterocycles. The first-order valence-corrected chi connectivity index (χ1v) is 10.6. The second-order valence-electron chi connectivity index (χ2n) is 9.28. The summed E-state index contributed by atoms with van der Waals surface area (Å²) >= 11 is 5.87. The minimum Gasteiger partial charge on any atom is -0.368 e. The molecule has 0 aromatic heterocycles. The van der Waals surface area contributed by atoms with E-state index in [1.54, 1.807) is 0 Å². The molecule has 4 aliphatic carbocycles. The summed E-state index contributed by atoms with van der Waals surface area (Å²) in [5, 5.41) is 7.74. The van der Waals surface area contributed by atoms with Crippen LogP contribution < -0.4 is 16.1 Å².